The Labute approximate surface area is 99.8 Å². The Morgan fingerprint density at radius 2 is 1.69 bits per heavy atom. The van der Waals surface area contributed by atoms with Crippen molar-refractivity contribution in [2.75, 3.05) is 33.2 Å². The van der Waals surface area contributed by atoms with Crippen LogP contribution in [0, 0.1) is 11.3 Å². The van der Waals surface area contributed by atoms with Gasteiger partial charge in [0.15, 0.2) is 0 Å². The first-order chi connectivity index (χ1) is 7.33. The summed E-state index contributed by atoms with van der Waals surface area (Å²) in [5.41, 5.74) is -0.204. The van der Waals surface area contributed by atoms with E-state index in [9.17, 15) is 4.79 Å². The van der Waals surface area contributed by atoms with E-state index in [1.54, 1.807) is 0 Å². The van der Waals surface area contributed by atoms with Crippen LogP contribution in [0.5, 0.6) is 0 Å². The lowest BCUT2D eigenvalue weighted by Crippen LogP contribution is -2.51. The van der Waals surface area contributed by atoms with Crippen molar-refractivity contribution in [1.82, 2.24) is 9.80 Å². The number of hydrogen-bond donors (Lipinski definition) is 0. The summed E-state index contributed by atoms with van der Waals surface area (Å²) in [5.74, 6) is 0.903. The van der Waals surface area contributed by atoms with Crippen LogP contribution in [-0.2, 0) is 4.79 Å². The van der Waals surface area contributed by atoms with Crippen molar-refractivity contribution in [2.24, 2.45) is 11.3 Å². The second kappa shape index (κ2) is 5.17. The van der Waals surface area contributed by atoms with Gasteiger partial charge in [0, 0.05) is 31.6 Å². The number of piperazine rings is 1. The second-order valence-electron chi connectivity index (χ2n) is 6.08. The zero-order chi connectivity index (χ0) is 12.3. The van der Waals surface area contributed by atoms with Crippen molar-refractivity contribution >= 4 is 5.91 Å². The van der Waals surface area contributed by atoms with Gasteiger partial charge >= 0.3 is 0 Å². The van der Waals surface area contributed by atoms with Gasteiger partial charge in [-0.05, 0) is 19.4 Å². The highest BCUT2D eigenvalue weighted by Crippen LogP contribution is 2.28. The molecule has 1 amide bonds. The average Bonchev–Trinajstić information content (AvgIpc) is 2.16. The van der Waals surface area contributed by atoms with Crippen LogP contribution in [0.25, 0.3) is 0 Å². The lowest BCUT2D eigenvalue weighted by Gasteiger charge is -2.38. The third kappa shape index (κ3) is 3.48. The summed E-state index contributed by atoms with van der Waals surface area (Å²) in [5, 5.41) is 0. The lowest BCUT2D eigenvalue weighted by atomic mass is 9.82. The predicted molar refractivity (Wildman–Crippen MR) is 67.3 cm³/mol. The second-order valence-corrected chi connectivity index (χ2v) is 6.08. The van der Waals surface area contributed by atoms with Crippen molar-refractivity contribution < 1.29 is 4.79 Å². The molecule has 0 aromatic rings. The van der Waals surface area contributed by atoms with Gasteiger partial charge in [0.25, 0.3) is 0 Å². The van der Waals surface area contributed by atoms with Gasteiger partial charge < -0.3 is 9.80 Å². The van der Waals surface area contributed by atoms with Gasteiger partial charge in [0.1, 0.15) is 0 Å². The fourth-order valence-corrected chi connectivity index (χ4v) is 2.55. The third-order valence-electron chi connectivity index (χ3n) is 3.29. The fraction of sp³-hybridized carbons (Fsp3) is 0.923. The van der Waals surface area contributed by atoms with E-state index < -0.39 is 0 Å². The van der Waals surface area contributed by atoms with E-state index in [4.69, 9.17) is 0 Å². The summed E-state index contributed by atoms with van der Waals surface area (Å²) in [4.78, 5) is 16.7. The van der Waals surface area contributed by atoms with Crippen molar-refractivity contribution in [3.05, 3.63) is 0 Å². The first kappa shape index (κ1) is 13.5. The molecule has 0 radical (unpaired) electrons. The van der Waals surface area contributed by atoms with Crippen molar-refractivity contribution in [2.45, 2.75) is 34.1 Å². The van der Waals surface area contributed by atoms with Crippen LogP contribution in [0.1, 0.15) is 34.1 Å². The number of hydrogen-bond acceptors (Lipinski definition) is 2. The van der Waals surface area contributed by atoms with Crippen LogP contribution in [0.4, 0.5) is 0 Å². The molecular formula is C13H26N2O. The molecule has 1 heterocycles. The standard InChI is InChI=1S/C13H26N2O/c1-11(2)10-13(3,4)12(16)15-8-6-14(5)7-9-15/h11H,6-10H2,1-5H3. The Morgan fingerprint density at radius 3 is 2.12 bits per heavy atom. The zero-order valence-electron chi connectivity index (χ0n) is 11.4. The van der Waals surface area contributed by atoms with Crippen molar-refractivity contribution in [1.29, 1.82) is 0 Å². The quantitative estimate of drug-likeness (QED) is 0.733. The minimum Gasteiger partial charge on any atom is -0.340 e. The molecule has 0 aromatic carbocycles. The highest BCUT2D eigenvalue weighted by Gasteiger charge is 2.33. The van der Waals surface area contributed by atoms with E-state index in [2.05, 4.69) is 39.6 Å². The molecule has 1 fully saturated rings. The zero-order valence-corrected chi connectivity index (χ0v) is 11.4. The Morgan fingerprint density at radius 1 is 1.19 bits per heavy atom. The van der Waals surface area contributed by atoms with E-state index >= 15 is 0 Å². The molecule has 0 aromatic heterocycles. The van der Waals surface area contributed by atoms with E-state index in [-0.39, 0.29) is 5.41 Å². The first-order valence-electron chi connectivity index (χ1n) is 6.31. The monoisotopic (exact) mass is 226 g/mol. The van der Waals surface area contributed by atoms with Gasteiger partial charge in [0.05, 0.1) is 0 Å². The largest absolute Gasteiger partial charge is 0.340 e. The molecule has 0 spiro atoms. The van der Waals surface area contributed by atoms with Gasteiger partial charge in [-0.15, -0.1) is 0 Å². The number of carbonyl (C=O) groups is 1. The Kier molecular flexibility index (Phi) is 4.36. The van der Waals surface area contributed by atoms with E-state index in [1.807, 2.05) is 4.90 Å². The maximum absolute atomic E-state index is 12.4. The van der Waals surface area contributed by atoms with Crippen LogP contribution in [0.15, 0.2) is 0 Å². The molecule has 1 rings (SSSR count). The molecular weight excluding hydrogens is 200 g/mol. The van der Waals surface area contributed by atoms with Crippen LogP contribution in [-0.4, -0.2) is 48.9 Å². The van der Waals surface area contributed by atoms with Crippen LogP contribution in [0.2, 0.25) is 0 Å². The molecule has 0 unspecified atom stereocenters. The highest BCUT2D eigenvalue weighted by molar-refractivity contribution is 5.82. The molecule has 0 bridgehead atoms. The summed E-state index contributed by atoms with van der Waals surface area (Å²) in [6.07, 6.45) is 0.970. The summed E-state index contributed by atoms with van der Waals surface area (Å²) in [6.45, 7) is 12.3. The number of rotatable bonds is 3. The fourth-order valence-electron chi connectivity index (χ4n) is 2.55. The Hall–Kier alpha value is -0.570. The van der Waals surface area contributed by atoms with Gasteiger partial charge in [-0.1, -0.05) is 27.7 Å². The number of likely N-dealkylation sites (N-methyl/N-ethyl adjacent to an activating group) is 1. The van der Waals surface area contributed by atoms with Gasteiger partial charge in [-0.25, -0.2) is 0 Å². The molecule has 0 atom stereocenters. The van der Waals surface area contributed by atoms with E-state index in [1.165, 1.54) is 0 Å². The van der Waals surface area contributed by atoms with Crippen LogP contribution < -0.4 is 0 Å². The first-order valence-corrected chi connectivity index (χ1v) is 6.31. The van der Waals surface area contributed by atoms with Gasteiger partial charge in [0.2, 0.25) is 5.91 Å². The smallest absolute Gasteiger partial charge is 0.228 e. The van der Waals surface area contributed by atoms with Gasteiger partial charge in [-0.2, -0.15) is 0 Å². The molecule has 1 aliphatic rings. The highest BCUT2D eigenvalue weighted by atomic mass is 16.2. The number of amides is 1. The number of nitrogens with zero attached hydrogens (tertiary/aromatic N) is 2. The summed E-state index contributed by atoms with van der Waals surface area (Å²) in [7, 11) is 2.11. The lowest BCUT2D eigenvalue weighted by molar-refractivity contribution is -0.142. The molecule has 1 saturated heterocycles. The maximum atomic E-state index is 12.4. The molecule has 16 heavy (non-hydrogen) atoms. The summed E-state index contributed by atoms with van der Waals surface area (Å²) < 4.78 is 0. The molecule has 0 N–H and O–H groups in total. The normalized spacial score (nSPS) is 19.2. The Balaban J connectivity index is 2.56. The van der Waals surface area contributed by atoms with Crippen LogP contribution in [0.3, 0.4) is 0 Å². The maximum Gasteiger partial charge on any atom is 0.228 e. The SMILES string of the molecule is CC(C)CC(C)(C)C(=O)N1CCN(C)CC1. The predicted octanol–water partition coefficient (Wildman–Crippen LogP) is 1.83. The number of carbonyl (C=O) groups excluding carboxylic acids is 1. The Bertz CT molecular complexity index is 240. The summed E-state index contributed by atoms with van der Waals surface area (Å²) >= 11 is 0. The van der Waals surface area contributed by atoms with Gasteiger partial charge in [-0.3, -0.25) is 4.79 Å². The van der Waals surface area contributed by atoms with Crippen molar-refractivity contribution in [3.63, 3.8) is 0 Å². The minimum absolute atomic E-state index is 0.204. The molecule has 3 nitrogen and oxygen atoms in total. The molecule has 3 heteroatoms. The molecule has 94 valence electrons. The molecule has 0 aliphatic carbocycles. The topological polar surface area (TPSA) is 23.6 Å². The van der Waals surface area contributed by atoms with Crippen molar-refractivity contribution in [3.8, 4) is 0 Å². The van der Waals surface area contributed by atoms with E-state index in [0.717, 1.165) is 32.6 Å². The average molecular weight is 226 g/mol. The molecule has 0 saturated carbocycles. The third-order valence-corrected chi connectivity index (χ3v) is 3.29. The molecule has 1 aliphatic heterocycles. The van der Waals surface area contributed by atoms with E-state index in [0.29, 0.717) is 11.8 Å². The minimum atomic E-state index is -0.204. The van der Waals surface area contributed by atoms with Crippen LogP contribution >= 0.6 is 0 Å². The summed E-state index contributed by atoms with van der Waals surface area (Å²) in [6, 6.07) is 0.